The van der Waals surface area contributed by atoms with E-state index in [1.54, 1.807) is 20.9 Å². The van der Waals surface area contributed by atoms with Crippen LogP contribution in [0.5, 0.6) is 0 Å². The minimum absolute atomic E-state index is 0.0254. The van der Waals surface area contributed by atoms with Gasteiger partial charge in [-0.2, -0.15) is 4.31 Å². The van der Waals surface area contributed by atoms with Crippen molar-refractivity contribution in [3.05, 3.63) is 17.1 Å². The summed E-state index contributed by atoms with van der Waals surface area (Å²) in [6.45, 7) is 4.43. The standard InChI is InChI=1S/C13H20ClNO4S/c1-9-12(7-14)13(10(2)19-9)20(16,17)15(3)8-11-5-4-6-18-11/h11H,4-8H2,1-3H3. The molecule has 5 nitrogen and oxygen atoms in total. The first-order valence-electron chi connectivity index (χ1n) is 6.60. The Balaban J connectivity index is 2.29. The van der Waals surface area contributed by atoms with Gasteiger partial charge in [0.1, 0.15) is 16.4 Å². The molecule has 0 spiro atoms. The van der Waals surface area contributed by atoms with Crippen LogP contribution in [0.25, 0.3) is 0 Å². The molecule has 7 heteroatoms. The van der Waals surface area contributed by atoms with Gasteiger partial charge in [-0.15, -0.1) is 11.6 Å². The van der Waals surface area contributed by atoms with Gasteiger partial charge in [0.2, 0.25) is 10.0 Å². The summed E-state index contributed by atoms with van der Waals surface area (Å²) in [4.78, 5) is 0.200. The van der Waals surface area contributed by atoms with Crippen LogP contribution in [0.3, 0.4) is 0 Å². The fraction of sp³-hybridized carbons (Fsp3) is 0.692. The molecule has 0 radical (unpaired) electrons. The van der Waals surface area contributed by atoms with Crippen LogP contribution in [-0.2, 0) is 20.6 Å². The summed E-state index contributed by atoms with van der Waals surface area (Å²) in [5, 5.41) is 0. The molecule has 0 N–H and O–H groups in total. The third kappa shape index (κ3) is 2.88. The van der Waals surface area contributed by atoms with Crippen molar-refractivity contribution < 1.29 is 17.6 Å². The van der Waals surface area contributed by atoms with Crippen molar-refractivity contribution in [2.24, 2.45) is 0 Å². The van der Waals surface area contributed by atoms with Crippen LogP contribution >= 0.6 is 11.6 Å². The van der Waals surface area contributed by atoms with E-state index in [0.29, 0.717) is 30.2 Å². The average molecular weight is 322 g/mol. The second-order valence-corrected chi connectivity index (χ2v) is 7.33. The van der Waals surface area contributed by atoms with Crippen LogP contribution in [0.15, 0.2) is 9.31 Å². The Morgan fingerprint density at radius 2 is 2.05 bits per heavy atom. The zero-order chi connectivity index (χ0) is 14.9. The van der Waals surface area contributed by atoms with E-state index in [0.717, 1.165) is 12.8 Å². The maximum absolute atomic E-state index is 12.7. The molecule has 0 aliphatic carbocycles. The van der Waals surface area contributed by atoms with Crippen molar-refractivity contribution in [1.82, 2.24) is 4.31 Å². The average Bonchev–Trinajstić information content (AvgIpc) is 2.96. The molecule has 20 heavy (non-hydrogen) atoms. The zero-order valence-corrected chi connectivity index (χ0v) is 13.6. The third-order valence-corrected chi connectivity index (χ3v) is 5.90. The van der Waals surface area contributed by atoms with E-state index < -0.39 is 10.0 Å². The van der Waals surface area contributed by atoms with Crippen molar-refractivity contribution in [2.75, 3.05) is 20.2 Å². The third-order valence-electron chi connectivity index (χ3n) is 3.61. The minimum atomic E-state index is -3.60. The molecule has 0 saturated carbocycles. The van der Waals surface area contributed by atoms with Crippen LogP contribution in [0.2, 0.25) is 0 Å². The van der Waals surface area contributed by atoms with Gasteiger partial charge in [0.25, 0.3) is 0 Å². The normalized spacial score (nSPS) is 19.9. The summed E-state index contributed by atoms with van der Waals surface area (Å²) < 4.78 is 37.6. The Morgan fingerprint density at radius 1 is 1.35 bits per heavy atom. The van der Waals surface area contributed by atoms with E-state index in [2.05, 4.69) is 0 Å². The summed E-state index contributed by atoms with van der Waals surface area (Å²) in [7, 11) is -2.04. The van der Waals surface area contributed by atoms with Crippen LogP contribution < -0.4 is 0 Å². The molecule has 114 valence electrons. The van der Waals surface area contributed by atoms with Crippen molar-refractivity contribution in [2.45, 2.75) is 43.6 Å². The fourth-order valence-electron chi connectivity index (χ4n) is 2.53. The molecule has 0 aromatic carbocycles. The number of alkyl halides is 1. The van der Waals surface area contributed by atoms with E-state index in [1.807, 2.05) is 0 Å². The number of aryl methyl sites for hydroxylation is 2. The lowest BCUT2D eigenvalue weighted by Crippen LogP contribution is -2.34. The fourth-order valence-corrected chi connectivity index (χ4v) is 4.54. The quantitative estimate of drug-likeness (QED) is 0.782. The highest BCUT2D eigenvalue weighted by atomic mass is 35.5. The molecule has 1 aliphatic heterocycles. The molecular formula is C13H20ClNO4S. The molecular weight excluding hydrogens is 302 g/mol. The predicted octanol–water partition coefficient (Wildman–Crippen LogP) is 2.43. The van der Waals surface area contributed by atoms with Crippen LogP contribution in [0.4, 0.5) is 0 Å². The summed E-state index contributed by atoms with van der Waals surface area (Å²) in [5.74, 6) is 1.06. The highest BCUT2D eigenvalue weighted by molar-refractivity contribution is 7.89. The Morgan fingerprint density at radius 3 is 2.60 bits per heavy atom. The van der Waals surface area contributed by atoms with Crippen molar-refractivity contribution in [3.63, 3.8) is 0 Å². The van der Waals surface area contributed by atoms with Crippen molar-refractivity contribution >= 4 is 21.6 Å². The molecule has 1 atom stereocenters. The Hall–Kier alpha value is -0.560. The number of rotatable bonds is 5. The largest absolute Gasteiger partial charge is 0.465 e. The molecule has 1 unspecified atom stereocenters. The minimum Gasteiger partial charge on any atom is -0.465 e. The van der Waals surface area contributed by atoms with Crippen molar-refractivity contribution in [3.8, 4) is 0 Å². The second-order valence-electron chi connectivity index (χ2n) is 5.08. The molecule has 1 fully saturated rings. The number of ether oxygens (including phenoxy) is 1. The number of halogens is 1. The molecule has 1 aromatic rings. The maximum atomic E-state index is 12.7. The first-order valence-corrected chi connectivity index (χ1v) is 8.58. The van der Waals surface area contributed by atoms with Gasteiger partial charge in [0.15, 0.2) is 0 Å². The molecule has 0 amide bonds. The van der Waals surface area contributed by atoms with E-state index >= 15 is 0 Å². The number of furan rings is 1. The van der Waals surface area contributed by atoms with Crippen LogP contribution in [0, 0.1) is 13.8 Å². The molecule has 2 rings (SSSR count). The first kappa shape index (κ1) is 15.8. The SMILES string of the molecule is Cc1oc(C)c(S(=O)(=O)N(C)CC2CCCO2)c1CCl. The first-order chi connectivity index (χ1) is 9.37. The summed E-state index contributed by atoms with van der Waals surface area (Å²) in [6, 6.07) is 0. The lowest BCUT2D eigenvalue weighted by atomic mass is 10.2. The molecule has 2 heterocycles. The van der Waals surface area contributed by atoms with E-state index in [-0.39, 0.29) is 16.9 Å². The van der Waals surface area contributed by atoms with Gasteiger partial charge in [-0.1, -0.05) is 0 Å². The number of hydrogen-bond acceptors (Lipinski definition) is 4. The second kappa shape index (κ2) is 6.05. The molecule has 1 aromatic heterocycles. The number of hydrogen-bond donors (Lipinski definition) is 0. The van der Waals surface area contributed by atoms with Gasteiger partial charge >= 0.3 is 0 Å². The van der Waals surface area contributed by atoms with E-state index in [1.165, 1.54) is 4.31 Å². The van der Waals surface area contributed by atoms with Crippen molar-refractivity contribution in [1.29, 1.82) is 0 Å². The van der Waals surface area contributed by atoms with E-state index in [9.17, 15) is 8.42 Å². The topological polar surface area (TPSA) is 59.8 Å². The molecule has 0 bridgehead atoms. The summed E-state index contributed by atoms with van der Waals surface area (Å²) in [5.41, 5.74) is 0.545. The number of nitrogens with zero attached hydrogens (tertiary/aromatic N) is 1. The van der Waals surface area contributed by atoms with Crippen LogP contribution in [-0.4, -0.2) is 39.0 Å². The lowest BCUT2D eigenvalue weighted by Gasteiger charge is -2.20. The Kier molecular flexibility index (Phi) is 4.79. The van der Waals surface area contributed by atoms with Crippen LogP contribution in [0.1, 0.15) is 29.9 Å². The van der Waals surface area contributed by atoms with E-state index in [4.69, 9.17) is 20.8 Å². The summed E-state index contributed by atoms with van der Waals surface area (Å²) >= 11 is 5.86. The Bertz CT molecular complexity index is 575. The smallest absolute Gasteiger partial charge is 0.246 e. The number of likely N-dealkylation sites (N-methyl/N-ethyl adjacent to an activating group) is 1. The maximum Gasteiger partial charge on any atom is 0.246 e. The summed E-state index contributed by atoms with van der Waals surface area (Å²) in [6.07, 6.45) is 1.85. The highest BCUT2D eigenvalue weighted by Gasteiger charge is 2.32. The van der Waals surface area contributed by atoms with Gasteiger partial charge < -0.3 is 9.15 Å². The van der Waals surface area contributed by atoms with Gasteiger partial charge in [-0.3, -0.25) is 0 Å². The highest BCUT2D eigenvalue weighted by Crippen LogP contribution is 2.30. The number of sulfonamides is 1. The molecule has 1 aliphatic rings. The van der Waals surface area contributed by atoms with Gasteiger partial charge in [-0.05, 0) is 26.7 Å². The zero-order valence-electron chi connectivity index (χ0n) is 12.0. The monoisotopic (exact) mass is 321 g/mol. The van der Waals surface area contributed by atoms with Gasteiger partial charge in [0, 0.05) is 25.8 Å². The lowest BCUT2D eigenvalue weighted by molar-refractivity contribution is 0.0978. The Labute approximate surface area is 124 Å². The van der Waals surface area contributed by atoms with Gasteiger partial charge in [0.05, 0.1) is 12.0 Å². The van der Waals surface area contributed by atoms with Gasteiger partial charge in [-0.25, -0.2) is 8.42 Å². The predicted molar refractivity (Wildman–Crippen MR) is 76.5 cm³/mol. The molecule has 1 saturated heterocycles.